The summed E-state index contributed by atoms with van der Waals surface area (Å²) in [7, 11) is 3.34. The van der Waals surface area contributed by atoms with E-state index in [9.17, 15) is 18.0 Å². The molecule has 0 radical (unpaired) electrons. The Bertz CT molecular complexity index is 776. The highest BCUT2D eigenvalue weighted by atomic mass is 19.4. The Labute approximate surface area is 184 Å². The fourth-order valence-electron chi connectivity index (χ4n) is 4.06. The van der Waals surface area contributed by atoms with Crippen molar-refractivity contribution in [1.82, 2.24) is 10.2 Å². The van der Waals surface area contributed by atoms with Crippen molar-refractivity contribution in [3.63, 3.8) is 0 Å². The van der Waals surface area contributed by atoms with Crippen LogP contribution in [0.4, 0.5) is 13.2 Å². The second kappa shape index (κ2) is 11.5. The summed E-state index contributed by atoms with van der Waals surface area (Å²) < 4.78 is 47.9. The number of carbonyl (C=O) groups excluding carboxylic acids is 1. The molecule has 2 atom stereocenters. The number of carboxylic acids is 1. The molecule has 2 N–H and O–H groups in total. The molecule has 2 saturated heterocycles. The molecule has 3 rings (SSSR count). The number of halogens is 3. The smallest absolute Gasteiger partial charge is 0.490 e. The van der Waals surface area contributed by atoms with Gasteiger partial charge in [-0.2, -0.15) is 13.2 Å². The van der Waals surface area contributed by atoms with Crippen molar-refractivity contribution in [2.45, 2.75) is 19.1 Å². The van der Waals surface area contributed by atoms with Gasteiger partial charge < -0.3 is 24.6 Å². The molecule has 0 unspecified atom stereocenters. The minimum Gasteiger partial charge on any atom is -0.496 e. The Morgan fingerprint density at radius 1 is 1.31 bits per heavy atom. The van der Waals surface area contributed by atoms with Gasteiger partial charge in [-0.25, -0.2) is 4.79 Å². The number of rotatable bonds is 8. The van der Waals surface area contributed by atoms with Crippen molar-refractivity contribution < 1.29 is 42.1 Å². The lowest BCUT2D eigenvalue weighted by atomic mass is 9.78. The number of amides is 1. The van der Waals surface area contributed by atoms with E-state index in [0.29, 0.717) is 32.1 Å². The summed E-state index contributed by atoms with van der Waals surface area (Å²) in [4.78, 5) is 23.6. The number of methoxy groups -OCH3 is 2. The monoisotopic (exact) mass is 462 g/mol. The van der Waals surface area contributed by atoms with Gasteiger partial charge in [-0.3, -0.25) is 9.69 Å². The van der Waals surface area contributed by atoms with Gasteiger partial charge in [0.1, 0.15) is 5.75 Å². The topological polar surface area (TPSA) is 97.3 Å². The third-order valence-corrected chi connectivity index (χ3v) is 5.56. The van der Waals surface area contributed by atoms with E-state index in [0.717, 1.165) is 32.0 Å². The lowest BCUT2D eigenvalue weighted by molar-refractivity contribution is -0.192. The van der Waals surface area contributed by atoms with Crippen LogP contribution >= 0.6 is 0 Å². The zero-order chi connectivity index (χ0) is 23.8. The highest BCUT2D eigenvalue weighted by molar-refractivity contribution is 5.77. The first-order valence-electron chi connectivity index (χ1n) is 10.1. The van der Waals surface area contributed by atoms with Gasteiger partial charge in [0.25, 0.3) is 0 Å². The van der Waals surface area contributed by atoms with E-state index in [1.54, 1.807) is 14.2 Å². The van der Waals surface area contributed by atoms with Crippen LogP contribution in [0.2, 0.25) is 0 Å². The first-order chi connectivity index (χ1) is 15.1. The summed E-state index contributed by atoms with van der Waals surface area (Å²) >= 11 is 0. The molecule has 8 nitrogen and oxygen atoms in total. The first-order valence-corrected chi connectivity index (χ1v) is 10.1. The molecule has 180 valence electrons. The van der Waals surface area contributed by atoms with Crippen LogP contribution in [0.15, 0.2) is 24.3 Å². The lowest BCUT2D eigenvalue weighted by Gasteiger charge is -2.27. The Kier molecular flexibility index (Phi) is 9.29. The molecule has 11 heteroatoms. The van der Waals surface area contributed by atoms with Gasteiger partial charge in [0, 0.05) is 56.6 Å². The molecular weight excluding hydrogens is 433 g/mol. The fourth-order valence-corrected chi connectivity index (χ4v) is 4.06. The predicted octanol–water partition coefficient (Wildman–Crippen LogP) is 1.93. The van der Waals surface area contributed by atoms with Gasteiger partial charge in [-0.05, 0) is 6.07 Å². The maximum absolute atomic E-state index is 12.3. The Morgan fingerprint density at radius 3 is 2.62 bits per heavy atom. The van der Waals surface area contributed by atoms with Gasteiger partial charge in [-0.1, -0.05) is 18.2 Å². The second-order valence-electron chi connectivity index (χ2n) is 7.88. The fraction of sp³-hybridized carbons (Fsp3) is 0.619. The molecule has 0 aromatic heterocycles. The number of nitrogens with one attached hydrogen (secondary N) is 1. The third kappa shape index (κ3) is 7.07. The molecule has 0 spiro atoms. The average Bonchev–Trinajstić information content (AvgIpc) is 3.24. The van der Waals surface area contributed by atoms with E-state index < -0.39 is 12.1 Å². The number of benzene rings is 1. The number of fused-ring (bicyclic) bond motifs is 1. The number of carboxylic acid groups (broad SMARTS) is 1. The lowest BCUT2D eigenvalue weighted by Crippen LogP contribution is -2.38. The number of aliphatic carboxylic acids is 1. The Hall–Kier alpha value is -2.37. The number of hydrogen-bond donors (Lipinski definition) is 2. The van der Waals surface area contributed by atoms with E-state index in [1.165, 1.54) is 5.56 Å². The average molecular weight is 462 g/mol. The second-order valence-corrected chi connectivity index (χ2v) is 7.88. The molecule has 0 saturated carbocycles. The van der Waals surface area contributed by atoms with Crippen LogP contribution in [-0.2, 0) is 25.6 Å². The molecular formula is C21H29F3N2O6. The molecule has 2 aliphatic rings. The van der Waals surface area contributed by atoms with Crippen molar-refractivity contribution in [2.24, 2.45) is 11.3 Å². The predicted molar refractivity (Wildman–Crippen MR) is 108 cm³/mol. The summed E-state index contributed by atoms with van der Waals surface area (Å²) in [5, 5.41) is 10.1. The van der Waals surface area contributed by atoms with Crippen LogP contribution < -0.4 is 10.1 Å². The molecule has 0 aliphatic carbocycles. The van der Waals surface area contributed by atoms with Crippen LogP contribution in [0.3, 0.4) is 0 Å². The van der Waals surface area contributed by atoms with Crippen LogP contribution in [-0.4, -0.2) is 81.7 Å². The van der Waals surface area contributed by atoms with E-state index in [1.807, 2.05) is 18.2 Å². The van der Waals surface area contributed by atoms with Gasteiger partial charge >= 0.3 is 12.1 Å². The summed E-state index contributed by atoms with van der Waals surface area (Å²) in [5.74, 6) is -1.34. The minimum atomic E-state index is -5.08. The molecule has 0 bridgehead atoms. The zero-order valence-corrected chi connectivity index (χ0v) is 18.1. The largest absolute Gasteiger partial charge is 0.496 e. The number of likely N-dealkylation sites (tertiary alicyclic amines) is 1. The van der Waals surface area contributed by atoms with Crippen molar-refractivity contribution in [3.8, 4) is 5.75 Å². The van der Waals surface area contributed by atoms with Gasteiger partial charge in [-0.15, -0.1) is 0 Å². The molecule has 32 heavy (non-hydrogen) atoms. The molecule has 1 amide bonds. The molecule has 1 aromatic rings. The maximum Gasteiger partial charge on any atom is 0.490 e. The van der Waals surface area contributed by atoms with E-state index in [2.05, 4.69) is 16.3 Å². The number of hydrogen-bond acceptors (Lipinski definition) is 6. The first kappa shape index (κ1) is 25.9. The third-order valence-electron chi connectivity index (χ3n) is 5.56. The maximum atomic E-state index is 12.3. The van der Waals surface area contributed by atoms with Gasteiger partial charge in [0.2, 0.25) is 5.91 Å². The Morgan fingerprint density at radius 2 is 2.00 bits per heavy atom. The Balaban J connectivity index is 0.000000451. The number of para-hydroxylation sites is 1. The number of carbonyl (C=O) groups is 2. The number of nitrogens with zero attached hydrogens (tertiary/aromatic N) is 1. The van der Waals surface area contributed by atoms with Crippen molar-refractivity contribution in [1.29, 1.82) is 0 Å². The van der Waals surface area contributed by atoms with E-state index >= 15 is 0 Å². The molecule has 2 heterocycles. The van der Waals surface area contributed by atoms with Gasteiger partial charge in [0.05, 0.1) is 26.9 Å². The number of alkyl halides is 3. The summed E-state index contributed by atoms with van der Waals surface area (Å²) in [6, 6.07) is 8.12. The SMILES string of the molecule is COCCNC(=O)C[C@]12COC[C@H]1CN(Cc1ccccc1OC)C2.O=C(O)C(F)(F)F. The molecule has 1 aromatic carbocycles. The van der Waals surface area contributed by atoms with Crippen LogP contribution in [0, 0.1) is 11.3 Å². The highest BCUT2D eigenvalue weighted by Crippen LogP contribution is 2.44. The summed E-state index contributed by atoms with van der Waals surface area (Å²) in [6.07, 6.45) is -4.57. The van der Waals surface area contributed by atoms with Gasteiger partial charge in [0.15, 0.2) is 0 Å². The van der Waals surface area contributed by atoms with E-state index in [4.69, 9.17) is 24.1 Å². The van der Waals surface area contributed by atoms with Crippen LogP contribution in [0.25, 0.3) is 0 Å². The standard InChI is InChI=1S/C19H28N2O4.C2HF3O2/c1-23-8-7-20-18(22)9-19-13-21(11-16(19)12-25-14-19)10-15-5-3-4-6-17(15)24-2;3-2(4,5)1(6)7/h3-6,16H,7-14H2,1-2H3,(H,20,22);(H,6,7)/t16-,19+;/m1./s1. The van der Waals surface area contributed by atoms with Crippen molar-refractivity contribution >= 4 is 11.9 Å². The van der Waals surface area contributed by atoms with Crippen LogP contribution in [0.5, 0.6) is 5.75 Å². The van der Waals surface area contributed by atoms with E-state index in [-0.39, 0.29) is 11.3 Å². The summed E-state index contributed by atoms with van der Waals surface area (Å²) in [5.41, 5.74) is 1.12. The quantitative estimate of drug-likeness (QED) is 0.570. The number of ether oxygens (including phenoxy) is 3. The van der Waals surface area contributed by atoms with Crippen molar-refractivity contribution in [2.75, 3.05) is 53.7 Å². The highest BCUT2D eigenvalue weighted by Gasteiger charge is 2.51. The minimum absolute atomic E-state index is 0.0703. The summed E-state index contributed by atoms with van der Waals surface area (Å²) in [6.45, 7) is 5.19. The van der Waals surface area contributed by atoms with Crippen LogP contribution in [0.1, 0.15) is 12.0 Å². The normalized spacial score (nSPS) is 22.6. The molecule has 2 fully saturated rings. The zero-order valence-electron chi connectivity index (χ0n) is 18.1. The van der Waals surface area contributed by atoms with Crippen molar-refractivity contribution in [3.05, 3.63) is 29.8 Å². The molecule has 2 aliphatic heterocycles.